The van der Waals surface area contributed by atoms with Crippen LogP contribution in [0.3, 0.4) is 0 Å². The number of aryl methyl sites for hydroxylation is 1. The molecule has 0 aliphatic heterocycles. The van der Waals surface area contributed by atoms with Crippen LogP contribution < -0.4 is 10.0 Å². The second kappa shape index (κ2) is 7.28. The van der Waals surface area contributed by atoms with Gasteiger partial charge in [-0.25, -0.2) is 13.2 Å². The molecule has 136 valence electrons. The van der Waals surface area contributed by atoms with Crippen LogP contribution >= 0.6 is 0 Å². The number of ether oxygens (including phenoxy) is 1. The predicted molar refractivity (Wildman–Crippen MR) is 92.4 cm³/mol. The topological polar surface area (TPSA) is 138 Å². The number of furan rings is 1. The lowest BCUT2D eigenvalue weighted by Gasteiger charge is -2.06. The van der Waals surface area contributed by atoms with Crippen LogP contribution in [0.15, 0.2) is 28.7 Å². The van der Waals surface area contributed by atoms with Crippen LogP contribution in [0.1, 0.15) is 32.0 Å². The second-order valence-corrected chi connectivity index (χ2v) is 6.99. The molecule has 2 aromatic rings. The van der Waals surface area contributed by atoms with Gasteiger partial charge >= 0.3 is 5.97 Å². The number of hydrogen-bond donors (Lipinski definition) is 2. The second-order valence-electron chi connectivity index (χ2n) is 5.25. The molecule has 0 aliphatic carbocycles. The standard InChI is InChI=1S/C16H15N3O6S/c1-9-13(16(21)24-2)12(8-17)15(25-9)18-14(20)10-4-6-11(7-5-10)19-26(3,22)23/h4-7,19H,1-3H3,(H,18,20). The Kier molecular flexibility index (Phi) is 5.33. The molecule has 0 unspecified atom stereocenters. The van der Waals surface area contributed by atoms with Crippen molar-refractivity contribution < 1.29 is 27.2 Å². The number of rotatable bonds is 5. The van der Waals surface area contributed by atoms with Gasteiger partial charge in [0.15, 0.2) is 0 Å². The van der Waals surface area contributed by atoms with Crippen molar-refractivity contribution in [2.75, 3.05) is 23.4 Å². The Bertz CT molecular complexity index is 1000. The fourth-order valence-electron chi connectivity index (χ4n) is 2.17. The molecule has 0 aliphatic rings. The van der Waals surface area contributed by atoms with Crippen LogP contribution in [-0.4, -0.2) is 33.7 Å². The molecule has 0 saturated heterocycles. The molecule has 0 saturated carbocycles. The highest BCUT2D eigenvalue weighted by Gasteiger charge is 2.25. The third kappa shape index (κ3) is 4.20. The van der Waals surface area contributed by atoms with Gasteiger partial charge in [0.25, 0.3) is 5.91 Å². The van der Waals surface area contributed by atoms with Crippen LogP contribution in [0, 0.1) is 18.3 Å². The predicted octanol–water partition coefficient (Wildman–Crippen LogP) is 1.87. The number of hydrogen-bond acceptors (Lipinski definition) is 7. The van der Waals surface area contributed by atoms with Crippen LogP contribution in [0.2, 0.25) is 0 Å². The maximum atomic E-state index is 12.3. The number of esters is 1. The zero-order valence-electron chi connectivity index (χ0n) is 14.1. The quantitative estimate of drug-likeness (QED) is 0.758. The molecule has 0 fully saturated rings. The summed E-state index contributed by atoms with van der Waals surface area (Å²) in [6.45, 7) is 1.47. The monoisotopic (exact) mass is 377 g/mol. The number of benzene rings is 1. The summed E-state index contributed by atoms with van der Waals surface area (Å²) in [7, 11) is -2.26. The summed E-state index contributed by atoms with van der Waals surface area (Å²) in [5.41, 5.74) is 0.293. The summed E-state index contributed by atoms with van der Waals surface area (Å²) in [4.78, 5) is 24.0. The van der Waals surface area contributed by atoms with Crippen LogP contribution in [0.4, 0.5) is 11.6 Å². The maximum Gasteiger partial charge on any atom is 0.342 e. The highest BCUT2D eigenvalue weighted by molar-refractivity contribution is 7.92. The molecule has 1 aromatic carbocycles. The first-order chi connectivity index (χ1) is 12.2. The van der Waals surface area contributed by atoms with E-state index >= 15 is 0 Å². The fourth-order valence-corrected chi connectivity index (χ4v) is 2.73. The van der Waals surface area contributed by atoms with Gasteiger partial charge in [0.2, 0.25) is 15.9 Å². The van der Waals surface area contributed by atoms with Crippen molar-refractivity contribution in [3.05, 3.63) is 46.7 Å². The molecule has 0 radical (unpaired) electrons. The van der Waals surface area contributed by atoms with Gasteiger partial charge in [-0.15, -0.1) is 0 Å². The van der Waals surface area contributed by atoms with Gasteiger partial charge in [-0.1, -0.05) is 0 Å². The number of amides is 1. The highest BCUT2D eigenvalue weighted by Crippen LogP contribution is 2.27. The SMILES string of the molecule is COC(=O)c1c(C)oc(NC(=O)c2ccc(NS(C)(=O)=O)cc2)c1C#N. The van der Waals surface area contributed by atoms with E-state index < -0.39 is 21.9 Å². The molecule has 26 heavy (non-hydrogen) atoms. The lowest BCUT2D eigenvalue weighted by molar-refractivity contribution is 0.0598. The van der Waals surface area contributed by atoms with E-state index in [2.05, 4.69) is 14.8 Å². The fraction of sp³-hybridized carbons (Fsp3) is 0.188. The van der Waals surface area contributed by atoms with Gasteiger partial charge in [-0.2, -0.15) is 5.26 Å². The Morgan fingerprint density at radius 2 is 1.85 bits per heavy atom. The highest BCUT2D eigenvalue weighted by atomic mass is 32.2. The lowest BCUT2D eigenvalue weighted by atomic mass is 10.1. The van der Waals surface area contributed by atoms with Crippen molar-refractivity contribution in [1.29, 1.82) is 5.26 Å². The molecular weight excluding hydrogens is 362 g/mol. The van der Waals surface area contributed by atoms with Gasteiger partial charge in [-0.3, -0.25) is 14.8 Å². The molecule has 2 N–H and O–H groups in total. The zero-order chi connectivity index (χ0) is 19.5. The van der Waals surface area contributed by atoms with Crippen molar-refractivity contribution in [2.45, 2.75) is 6.92 Å². The van der Waals surface area contributed by atoms with Gasteiger partial charge in [0, 0.05) is 11.3 Å². The van der Waals surface area contributed by atoms with Gasteiger partial charge in [0.05, 0.1) is 13.4 Å². The van der Waals surface area contributed by atoms with Gasteiger partial charge in [-0.05, 0) is 31.2 Å². The molecule has 0 spiro atoms. The van der Waals surface area contributed by atoms with Crippen molar-refractivity contribution in [1.82, 2.24) is 0 Å². The molecule has 0 atom stereocenters. The van der Waals surface area contributed by atoms with Gasteiger partial charge < -0.3 is 9.15 Å². The van der Waals surface area contributed by atoms with Crippen molar-refractivity contribution in [3.63, 3.8) is 0 Å². The number of nitriles is 1. The largest absolute Gasteiger partial charge is 0.465 e. The third-order valence-corrected chi connectivity index (χ3v) is 3.87. The summed E-state index contributed by atoms with van der Waals surface area (Å²) in [5, 5.41) is 11.7. The van der Waals surface area contributed by atoms with Crippen molar-refractivity contribution in [2.24, 2.45) is 0 Å². The maximum absolute atomic E-state index is 12.3. The van der Waals surface area contributed by atoms with E-state index in [1.807, 2.05) is 0 Å². The van der Waals surface area contributed by atoms with Crippen molar-refractivity contribution >= 4 is 33.5 Å². The number of sulfonamides is 1. The summed E-state index contributed by atoms with van der Waals surface area (Å²) >= 11 is 0. The first kappa shape index (κ1) is 19.0. The van der Waals surface area contributed by atoms with E-state index in [1.165, 1.54) is 38.3 Å². The number of carbonyl (C=O) groups is 2. The van der Waals surface area contributed by atoms with E-state index in [9.17, 15) is 23.3 Å². The van der Waals surface area contributed by atoms with E-state index in [1.54, 1.807) is 6.07 Å². The minimum atomic E-state index is -3.43. The molecule has 1 heterocycles. The normalized spacial score (nSPS) is 10.7. The van der Waals surface area contributed by atoms with E-state index in [-0.39, 0.29) is 28.3 Å². The first-order valence-corrected chi connectivity index (χ1v) is 9.06. The van der Waals surface area contributed by atoms with Gasteiger partial charge in [0.1, 0.15) is 23.0 Å². The third-order valence-electron chi connectivity index (χ3n) is 3.26. The van der Waals surface area contributed by atoms with Crippen LogP contribution in [-0.2, 0) is 14.8 Å². The summed E-state index contributed by atoms with van der Waals surface area (Å²) in [6, 6.07) is 7.42. The molecule has 10 heteroatoms. The average Bonchev–Trinajstić information content (AvgIpc) is 2.88. The molecular formula is C16H15N3O6S. The summed E-state index contributed by atoms with van der Waals surface area (Å²) in [6.07, 6.45) is 1.01. The number of methoxy groups -OCH3 is 1. The Morgan fingerprint density at radius 3 is 2.35 bits per heavy atom. The summed E-state index contributed by atoms with van der Waals surface area (Å²) < 4.78 is 34.5. The molecule has 9 nitrogen and oxygen atoms in total. The first-order valence-electron chi connectivity index (χ1n) is 7.17. The molecule has 0 bridgehead atoms. The van der Waals surface area contributed by atoms with E-state index in [0.717, 1.165) is 6.26 Å². The number of nitrogens with one attached hydrogen (secondary N) is 2. The molecule has 1 aromatic heterocycles. The number of anilines is 2. The van der Waals surface area contributed by atoms with Crippen LogP contribution in [0.25, 0.3) is 0 Å². The minimum Gasteiger partial charge on any atom is -0.465 e. The minimum absolute atomic E-state index is 0.0574. The van der Waals surface area contributed by atoms with E-state index in [0.29, 0.717) is 5.69 Å². The van der Waals surface area contributed by atoms with Crippen molar-refractivity contribution in [3.8, 4) is 6.07 Å². The average molecular weight is 377 g/mol. The lowest BCUT2D eigenvalue weighted by Crippen LogP contribution is -2.13. The Hall–Kier alpha value is -3.32. The Balaban J connectivity index is 2.25. The zero-order valence-corrected chi connectivity index (χ0v) is 14.9. The Morgan fingerprint density at radius 1 is 1.23 bits per heavy atom. The Labute approximate surface area is 149 Å². The molecule has 2 rings (SSSR count). The number of carbonyl (C=O) groups excluding carboxylic acids is 2. The van der Waals surface area contributed by atoms with Crippen LogP contribution in [0.5, 0.6) is 0 Å². The molecule has 1 amide bonds. The smallest absolute Gasteiger partial charge is 0.342 e. The number of nitrogens with zero attached hydrogens (tertiary/aromatic N) is 1. The summed E-state index contributed by atoms with van der Waals surface area (Å²) in [5.74, 6) is -1.39. The van der Waals surface area contributed by atoms with E-state index in [4.69, 9.17) is 4.42 Å².